The summed E-state index contributed by atoms with van der Waals surface area (Å²) in [6.45, 7) is 6.38. The number of oxime groups is 1. The molecule has 2 nitrogen and oxygen atoms in total. The smallest absolute Gasteiger partial charge is 0.142 e. The van der Waals surface area contributed by atoms with Gasteiger partial charge in [0.05, 0.1) is 6.21 Å². The standard InChI is InChI=1S/C18H19NO/c1-3-15-9-5-7-11-17(15)13-19-20-14-18-12-8-6-10-16(18)4-2/h4-13H,2-3,14H2,1H3. The van der Waals surface area contributed by atoms with Crippen molar-refractivity contribution in [2.75, 3.05) is 0 Å². The van der Waals surface area contributed by atoms with Crippen molar-refractivity contribution in [3.8, 4) is 0 Å². The topological polar surface area (TPSA) is 21.6 Å². The lowest BCUT2D eigenvalue weighted by molar-refractivity contribution is 0.132. The monoisotopic (exact) mass is 265 g/mol. The molecule has 0 aliphatic heterocycles. The molecule has 0 heterocycles. The highest BCUT2D eigenvalue weighted by molar-refractivity contribution is 5.81. The van der Waals surface area contributed by atoms with Crippen LogP contribution in [-0.4, -0.2) is 6.21 Å². The second kappa shape index (κ2) is 7.29. The summed E-state index contributed by atoms with van der Waals surface area (Å²) in [6, 6.07) is 16.2. The third-order valence-corrected chi connectivity index (χ3v) is 3.20. The lowest BCUT2D eigenvalue weighted by Gasteiger charge is -2.04. The zero-order valence-electron chi connectivity index (χ0n) is 11.8. The highest BCUT2D eigenvalue weighted by atomic mass is 16.6. The maximum Gasteiger partial charge on any atom is 0.142 e. The van der Waals surface area contributed by atoms with Gasteiger partial charge in [-0.15, -0.1) is 0 Å². The average Bonchev–Trinajstić information content (AvgIpc) is 2.52. The molecule has 0 aliphatic rings. The molecule has 0 saturated heterocycles. The van der Waals surface area contributed by atoms with Crippen LogP contribution in [0.1, 0.15) is 29.2 Å². The Morgan fingerprint density at radius 3 is 2.35 bits per heavy atom. The van der Waals surface area contributed by atoms with Crippen LogP contribution in [0.3, 0.4) is 0 Å². The third kappa shape index (κ3) is 3.58. The fraction of sp³-hybridized carbons (Fsp3) is 0.167. The van der Waals surface area contributed by atoms with Gasteiger partial charge in [-0.05, 0) is 28.7 Å². The van der Waals surface area contributed by atoms with Crippen LogP contribution in [-0.2, 0) is 17.9 Å². The van der Waals surface area contributed by atoms with Crippen molar-refractivity contribution in [3.63, 3.8) is 0 Å². The van der Waals surface area contributed by atoms with Crippen LogP contribution in [0, 0.1) is 0 Å². The minimum Gasteiger partial charge on any atom is -0.391 e. The number of aryl methyl sites for hydroxylation is 1. The van der Waals surface area contributed by atoms with E-state index in [1.165, 1.54) is 5.56 Å². The van der Waals surface area contributed by atoms with E-state index in [0.717, 1.165) is 23.1 Å². The Bertz CT molecular complexity index is 602. The van der Waals surface area contributed by atoms with Gasteiger partial charge in [-0.2, -0.15) is 0 Å². The Morgan fingerprint density at radius 1 is 1.00 bits per heavy atom. The van der Waals surface area contributed by atoms with Gasteiger partial charge >= 0.3 is 0 Å². The van der Waals surface area contributed by atoms with Gasteiger partial charge in [0, 0.05) is 0 Å². The van der Waals surface area contributed by atoms with Crippen molar-refractivity contribution < 1.29 is 4.84 Å². The predicted octanol–water partition coefficient (Wildman–Crippen LogP) is 4.44. The Kier molecular flexibility index (Phi) is 5.13. The van der Waals surface area contributed by atoms with Crippen molar-refractivity contribution in [2.45, 2.75) is 20.0 Å². The number of rotatable bonds is 6. The Morgan fingerprint density at radius 2 is 1.65 bits per heavy atom. The Labute approximate surface area is 120 Å². The quantitative estimate of drug-likeness (QED) is 0.559. The van der Waals surface area contributed by atoms with Gasteiger partial charge in [-0.3, -0.25) is 0 Å². The summed E-state index contributed by atoms with van der Waals surface area (Å²) < 4.78 is 0. The van der Waals surface area contributed by atoms with E-state index in [2.05, 4.69) is 24.7 Å². The minimum atomic E-state index is 0.451. The van der Waals surface area contributed by atoms with Crippen LogP contribution in [0.2, 0.25) is 0 Å². The predicted molar refractivity (Wildman–Crippen MR) is 84.7 cm³/mol. The largest absolute Gasteiger partial charge is 0.391 e. The summed E-state index contributed by atoms with van der Waals surface area (Å²) in [4.78, 5) is 5.39. The van der Waals surface area contributed by atoms with Crippen LogP contribution in [0.25, 0.3) is 6.08 Å². The van der Waals surface area contributed by atoms with Crippen LogP contribution in [0.4, 0.5) is 0 Å². The highest BCUT2D eigenvalue weighted by Gasteiger charge is 1.98. The normalized spacial score (nSPS) is 10.7. The maximum absolute atomic E-state index is 5.39. The van der Waals surface area contributed by atoms with E-state index in [1.807, 2.05) is 48.5 Å². The van der Waals surface area contributed by atoms with E-state index in [1.54, 1.807) is 6.21 Å². The van der Waals surface area contributed by atoms with Crippen LogP contribution < -0.4 is 0 Å². The molecule has 2 aromatic carbocycles. The summed E-state index contributed by atoms with van der Waals surface area (Å²) >= 11 is 0. The van der Waals surface area contributed by atoms with Gasteiger partial charge in [0.15, 0.2) is 0 Å². The average molecular weight is 265 g/mol. The fourth-order valence-corrected chi connectivity index (χ4v) is 2.05. The van der Waals surface area contributed by atoms with Crippen molar-refractivity contribution in [1.82, 2.24) is 0 Å². The first-order valence-electron chi connectivity index (χ1n) is 6.78. The summed E-state index contributed by atoms with van der Waals surface area (Å²) in [6.07, 6.45) is 4.59. The molecule has 0 fully saturated rings. The molecule has 0 unspecified atom stereocenters. The number of benzene rings is 2. The Hall–Kier alpha value is -2.35. The van der Waals surface area contributed by atoms with Crippen molar-refractivity contribution >= 4 is 12.3 Å². The molecular formula is C18H19NO. The van der Waals surface area contributed by atoms with Crippen molar-refractivity contribution in [2.24, 2.45) is 5.16 Å². The van der Waals surface area contributed by atoms with E-state index in [0.29, 0.717) is 6.61 Å². The first kappa shape index (κ1) is 14.1. The molecular weight excluding hydrogens is 246 g/mol. The second-order valence-corrected chi connectivity index (χ2v) is 4.46. The minimum absolute atomic E-state index is 0.451. The van der Waals surface area contributed by atoms with Gasteiger partial charge < -0.3 is 4.84 Å². The Balaban J connectivity index is 1.99. The molecule has 102 valence electrons. The van der Waals surface area contributed by atoms with Gasteiger partial charge in [0.1, 0.15) is 6.61 Å². The first-order chi connectivity index (χ1) is 9.85. The van der Waals surface area contributed by atoms with Gasteiger partial charge in [-0.1, -0.05) is 73.3 Å². The SMILES string of the molecule is C=Cc1ccccc1CON=Cc1ccccc1CC. The van der Waals surface area contributed by atoms with E-state index in [-0.39, 0.29) is 0 Å². The number of hydrogen-bond donors (Lipinski definition) is 0. The lowest BCUT2D eigenvalue weighted by atomic mass is 10.1. The van der Waals surface area contributed by atoms with Crippen LogP contribution >= 0.6 is 0 Å². The molecule has 2 heteroatoms. The molecule has 2 aromatic rings. The summed E-state index contributed by atoms with van der Waals surface area (Å²) in [5, 5.41) is 4.06. The molecule has 0 atom stereocenters. The van der Waals surface area contributed by atoms with Gasteiger partial charge in [0.2, 0.25) is 0 Å². The molecule has 2 rings (SSSR count). The molecule has 0 saturated carbocycles. The highest BCUT2D eigenvalue weighted by Crippen LogP contribution is 2.11. The molecule has 0 spiro atoms. The fourth-order valence-electron chi connectivity index (χ4n) is 2.05. The van der Waals surface area contributed by atoms with Crippen molar-refractivity contribution in [3.05, 3.63) is 77.4 Å². The molecule has 0 N–H and O–H groups in total. The number of hydrogen-bond acceptors (Lipinski definition) is 2. The molecule has 0 bridgehead atoms. The third-order valence-electron chi connectivity index (χ3n) is 3.20. The van der Waals surface area contributed by atoms with E-state index in [9.17, 15) is 0 Å². The number of nitrogens with zero attached hydrogens (tertiary/aromatic N) is 1. The zero-order chi connectivity index (χ0) is 14.2. The second-order valence-electron chi connectivity index (χ2n) is 4.46. The first-order valence-corrected chi connectivity index (χ1v) is 6.78. The molecule has 0 aliphatic carbocycles. The van der Waals surface area contributed by atoms with E-state index in [4.69, 9.17) is 4.84 Å². The molecule has 0 aromatic heterocycles. The van der Waals surface area contributed by atoms with Crippen LogP contribution in [0.5, 0.6) is 0 Å². The van der Waals surface area contributed by atoms with E-state index >= 15 is 0 Å². The summed E-state index contributed by atoms with van der Waals surface area (Å²) in [7, 11) is 0. The summed E-state index contributed by atoms with van der Waals surface area (Å²) in [5.41, 5.74) is 4.54. The molecule has 0 radical (unpaired) electrons. The van der Waals surface area contributed by atoms with Crippen molar-refractivity contribution in [1.29, 1.82) is 0 Å². The summed E-state index contributed by atoms with van der Waals surface area (Å²) in [5.74, 6) is 0. The lowest BCUT2D eigenvalue weighted by Crippen LogP contribution is -1.93. The van der Waals surface area contributed by atoms with Crippen LogP contribution in [0.15, 0.2) is 60.3 Å². The zero-order valence-corrected chi connectivity index (χ0v) is 11.8. The van der Waals surface area contributed by atoms with Gasteiger partial charge in [0.25, 0.3) is 0 Å². The molecule has 0 amide bonds. The maximum atomic E-state index is 5.39. The molecule has 20 heavy (non-hydrogen) atoms. The van der Waals surface area contributed by atoms with Gasteiger partial charge in [-0.25, -0.2) is 0 Å². The van der Waals surface area contributed by atoms with E-state index < -0.39 is 0 Å².